The summed E-state index contributed by atoms with van der Waals surface area (Å²) in [6, 6.07) is -0.987. The van der Waals surface area contributed by atoms with Crippen LogP contribution in [-0.4, -0.2) is 77.9 Å². The Bertz CT molecular complexity index is 1560. The second-order valence-corrected chi connectivity index (χ2v) is 11.2. The Morgan fingerprint density at radius 2 is 2.23 bits per heavy atom. The largest absolute Gasteiger partial charge is 0.477 e. The number of rotatable bonds is 10. The van der Waals surface area contributed by atoms with E-state index in [0.29, 0.717) is 17.7 Å². The van der Waals surface area contributed by atoms with Crippen molar-refractivity contribution in [2.75, 3.05) is 18.6 Å². The molecule has 0 unspecified atom stereocenters. The van der Waals surface area contributed by atoms with Crippen LogP contribution in [0.4, 0.5) is 5.13 Å². The Morgan fingerprint density at radius 1 is 1.44 bits per heavy atom. The molecular formula is C21H22N9O6S3+. The summed E-state index contributed by atoms with van der Waals surface area (Å²) < 4.78 is 7.82. The molecule has 2 aliphatic heterocycles. The standard InChI is InChI=1S/C21H21N9O6S3/c1-9-6-37-12-5-28(11(29(9)12)3-23-8-31)4-10-7-38-19-14(18(33)30(19)15(10)20(34)35)24-17(32)13(26-36-2)16-25-21(22)39-27-16/h5-6,8,14,19H,3-4,7H2,1-2H3,(H4-,22,23,24,25,27,31,32,34,35)/p+1/b26-13-/t14-,19-/m1/s1. The number of nitrogens with two attached hydrogens (primary N) is 1. The van der Waals surface area contributed by atoms with E-state index >= 15 is 0 Å². The van der Waals surface area contributed by atoms with Gasteiger partial charge in [-0.3, -0.25) is 19.3 Å². The van der Waals surface area contributed by atoms with Crippen LogP contribution in [0.25, 0.3) is 4.83 Å². The highest BCUT2D eigenvalue weighted by Gasteiger charge is 2.54. The second kappa shape index (κ2) is 10.6. The van der Waals surface area contributed by atoms with Crippen molar-refractivity contribution in [3.05, 3.63) is 40.2 Å². The van der Waals surface area contributed by atoms with Crippen molar-refractivity contribution in [1.29, 1.82) is 0 Å². The minimum atomic E-state index is -1.25. The zero-order valence-electron chi connectivity index (χ0n) is 20.5. The molecule has 5 N–H and O–H groups in total. The molecule has 5 heterocycles. The normalized spacial score (nSPS) is 19.1. The first kappa shape index (κ1) is 26.6. The summed E-state index contributed by atoms with van der Waals surface area (Å²) >= 11 is 3.73. The summed E-state index contributed by atoms with van der Waals surface area (Å²) in [5.41, 5.74) is 6.72. The number of nitrogens with zero attached hydrogens (tertiary/aromatic N) is 6. The lowest BCUT2D eigenvalue weighted by molar-refractivity contribution is -0.695. The molecule has 0 spiro atoms. The number of hydrogen-bond donors (Lipinski definition) is 4. The lowest BCUT2D eigenvalue weighted by atomic mass is 10.0. The first-order chi connectivity index (χ1) is 18.7. The summed E-state index contributed by atoms with van der Waals surface area (Å²) in [5.74, 6) is -1.55. The number of amides is 3. The van der Waals surface area contributed by atoms with Gasteiger partial charge in [-0.2, -0.15) is 13.8 Å². The molecular weight excluding hydrogens is 570 g/mol. The van der Waals surface area contributed by atoms with Crippen molar-refractivity contribution >= 4 is 74.5 Å². The highest BCUT2D eigenvalue weighted by atomic mass is 32.2. The summed E-state index contributed by atoms with van der Waals surface area (Å²) in [5, 5.41) is 20.5. The summed E-state index contributed by atoms with van der Waals surface area (Å²) in [7, 11) is 1.25. The van der Waals surface area contributed by atoms with Gasteiger partial charge in [0.15, 0.2) is 5.13 Å². The van der Waals surface area contributed by atoms with E-state index in [9.17, 15) is 24.3 Å². The maximum Gasteiger partial charge on any atom is 0.352 e. The van der Waals surface area contributed by atoms with Crippen LogP contribution in [-0.2, 0) is 37.1 Å². The predicted octanol–water partition coefficient (Wildman–Crippen LogP) is -0.934. The molecule has 0 aromatic carbocycles. The van der Waals surface area contributed by atoms with Crippen LogP contribution in [0.2, 0.25) is 0 Å². The van der Waals surface area contributed by atoms with Gasteiger partial charge in [0.25, 0.3) is 17.6 Å². The Morgan fingerprint density at radius 3 is 2.90 bits per heavy atom. The molecule has 3 amide bonds. The molecule has 2 aliphatic rings. The number of aryl methyl sites for hydroxylation is 1. The van der Waals surface area contributed by atoms with Crippen molar-refractivity contribution in [2.24, 2.45) is 5.16 Å². The van der Waals surface area contributed by atoms with Gasteiger partial charge in [-0.05, 0) is 6.92 Å². The maximum absolute atomic E-state index is 13.1. The lowest BCUT2D eigenvalue weighted by Crippen LogP contribution is -2.71. The number of hydrogen-bond acceptors (Lipinski definition) is 12. The van der Waals surface area contributed by atoms with E-state index in [2.05, 4.69) is 25.1 Å². The zero-order valence-corrected chi connectivity index (χ0v) is 22.9. The number of carbonyl (C=O) groups is 4. The highest BCUT2D eigenvalue weighted by Crippen LogP contribution is 2.40. The van der Waals surface area contributed by atoms with Crippen molar-refractivity contribution in [3.8, 4) is 0 Å². The molecule has 39 heavy (non-hydrogen) atoms. The van der Waals surface area contributed by atoms with Crippen molar-refractivity contribution in [1.82, 2.24) is 29.3 Å². The van der Waals surface area contributed by atoms with Crippen LogP contribution in [0.5, 0.6) is 0 Å². The summed E-state index contributed by atoms with van der Waals surface area (Å²) in [6.45, 7) is 2.38. The van der Waals surface area contributed by atoms with E-state index in [4.69, 9.17) is 10.6 Å². The van der Waals surface area contributed by atoms with Crippen LogP contribution in [0.1, 0.15) is 17.3 Å². The minimum absolute atomic E-state index is 0.0511. The van der Waals surface area contributed by atoms with E-state index in [1.807, 2.05) is 27.5 Å². The molecule has 0 radical (unpaired) electrons. The van der Waals surface area contributed by atoms with Gasteiger partial charge in [0.1, 0.15) is 49.2 Å². The van der Waals surface area contributed by atoms with Gasteiger partial charge < -0.3 is 26.3 Å². The molecule has 204 valence electrons. The Balaban J connectivity index is 1.39. The molecule has 2 atom stereocenters. The molecule has 15 nitrogen and oxygen atoms in total. The number of nitrogens with one attached hydrogen (secondary N) is 2. The Labute approximate surface area is 232 Å². The van der Waals surface area contributed by atoms with Crippen LogP contribution in [0.15, 0.2) is 28.0 Å². The molecule has 1 saturated heterocycles. The van der Waals surface area contributed by atoms with Gasteiger partial charge in [-0.1, -0.05) is 16.5 Å². The Kier molecular flexibility index (Phi) is 7.23. The van der Waals surface area contributed by atoms with Gasteiger partial charge >= 0.3 is 5.97 Å². The van der Waals surface area contributed by atoms with Gasteiger partial charge in [-0.15, -0.1) is 11.8 Å². The minimum Gasteiger partial charge on any atom is -0.477 e. The Hall–Kier alpha value is -4.03. The zero-order chi connectivity index (χ0) is 27.8. The van der Waals surface area contributed by atoms with Gasteiger partial charge in [0.2, 0.25) is 22.8 Å². The number of anilines is 1. The average Bonchev–Trinajstić information content (AvgIpc) is 3.60. The highest BCUT2D eigenvalue weighted by molar-refractivity contribution is 8.00. The number of carbonyl (C=O) groups excluding carboxylic acids is 3. The van der Waals surface area contributed by atoms with E-state index in [1.54, 1.807) is 0 Å². The van der Waals surface area contributed by atoms with Crippen LogP contribution >= 0.6 is 34.6 Å². The SMILES string of the molecule is CO/N=C(\C(=O)N[C@@H]1C(=O)N2C(C(=O)O)=C(C[n+]3cc4scc(C)n4c3CNC=O)CS[C@H]12)c1nsc(N)n1. The van der Waals surface area contributed by atoms with E-state index in [1.165, 1.54) is 35.1 Å². The lowest BCUT2D eigenvalue weighted by Gasteiger charge is -2.49. The van der Waals surface area contributed by atoms with Crippen molar-refractivity contribution in [2.45, 2.75) is 31.4 Å². The number of β-lactam (4-membered cyclic amide) rings is 1. The first-order valence-corrected chi connectivity index (χ1v) is 14.0. The molecule has 1 fully saturated rings. The first-order valence-electron chi connectivity index (χ1n) is 11.3. The molecule has 18 heteroatoms. The third kappa shape index (κ3) is 4.70. The smallest absolute Gasteiger partial charge is 0.352 e. The number of carboxylic acids is 1. The summed E-state index contributed by atoms with van der Waals surface area (Å²) in [4.78, 5) is 60.2. The topological polar surface area (TPSA) is 197 Å². The number of thiazole rings is 1. The van der Waals surface area contributed by atoms with Crippen molar-refractivity contribution < 1.29 is 33.7 Å². The maximum atomic E-state index is 13.1. The number of carboxylic acid groups (broad SMARTS) is 1. The monoisotopic (exact) mass is 592 g/mol. The fraction of sp³-hybridized carbons (Fsp3) is 0.333. The second-order valence-electron chi connectivity index (χ2n) is 8.42. The number of thioether (sulfide) groups is 1. The predicted molar refractivity (Wildman–Crippen MR) is 141 cm³/mol. The van der Waals surface area contributed by atoms with Crippen molar-refractivity contribution in [3.63, 3.8) is 0 Å². The molecule has 3 aromatic rings. The third-order valence-electron chi connectivity index (χ3n) is 6.07. The number of fused-ring (bicyclic) bond motifs is 2. The average molecular weight is 593 g/mol. The van der Waals surface area contributed by atoms with Gasteiger partial charge in [-0.25, -0.2) is 9.36 Å². The molecule has 5 rings (SSSR count). The molecule has 0 bridgehead atoms. The van der Waals surface area contributed by atoms with E-state index in [-0.39, 0.29) is 35.5 Å². The number of nitrogen functional groups attached to an aromatic ring is 1. The molecule has 0 saturated carbocycles. The molecule has 3 aromatic heterocycles. The number of aliphatic carboxylic acids is 1. The van der Waals surface area contributed by atoms with E-state index in [0.717, 1.165) is 27.9 Å². The van der Waals surface area contributed by atoms with Crippen LogP contribution in [0, 0.1) is 6.92 Å². The van der Waals surface area contributed by atoms with Gasteiger partial charge in [0, 0.05) is 28.2 Å². The summed E-state index contributed by atoms with van der Waals surface area (Å²) in [6.07, 6.45) is 2.49. The fourth-order valence-corrected chi connectivity index (χ4v) is 7.17. The quantitative estimate of drug-likeness (QED) is 0.0750. The molecule has 0 aliphatic carbocycles. The number of oxime groups is 1. The fourth-order valence-electron chi connectivity index (χ4n) is 4.46. The third-order valence-corrected chi connectivity index (χ3v) is 8.94. The number of aromatic nitrogens is 4. The van der Waals surface area contributed by atoms with Crippen LogP contribution < -0.4 is 20.9 Å². The van der Waals surface area contributed by atoms with E-state index < -0.39 is 29.2 Å². The van der Waals surface area contributed by atoms with Crippen LogP contribution in [0.3, 0.4) is 0 Å². The number of imidazole rings is 1. The van der Waals surface area contributed by atoms with Gasteiger partial charge in [0.05, 0.1) is 0 Å².